The maximum absolute atomic E-state index is 3.15. The van der Waals surface area contributed by atoms with Crippen molar-refractivity contribution in [1.82, 2.24) is 0 Å². The van der Waals surface area contributed by atoms with Crippen molar-refractivity contribution in [3.05, 3.63) is 163 Å². The Kier molecular flexibility index (Phi) is 8.47. The summed E-state index contributed by atoms with van der Waals surface area (Å²) in [6.07, 6.45) is 2.32. The van der Waals surface area contributed by atoms with Crippen LogP contribution >= 0.6 is 49.8 Å². The molecule has 1 heterocycles. The average molecular weight is 689 g/mol. The molecule has 0 aliphatic carbocycles. The third-order valence-corrected chi connectivity index (χ3v) is 24.2. The average Bonchev–Trinajstić information content (AvgIpc) is 3.06. The van der Waals surface area contributed by atoms with E-state index in [1.54, 1.807) is 0 Å². The number of hydrogen-bond donors (Lipinski definition) is 0. The summed E-state index contributed by atoms with van der Waals surface area (Å²) < 4.78 is -3.17. The SMILES string of the molecule is IP(c1ccccc1)(c1ccccc1)(c1ccccc1)C(CC1(c2ccccc2)SCCCS1)c1ccccc1. The number of benzene rings is 5. The first-order valence-electron chi connectivity index (χ1n) is 13.9. The second kappa shape index (κ2) is 12.1. The second-order valence-electron chi connectivity index (χ2n) is 10.4. The Balaban J connectivity index is 1.72. The van der Waals surface area contributed by atoms with E-state index in [1.807, 2.05) is 0 Å². The quantitative estimate of drug-likeness (QED) is 0.118. The molecule has 4 heteroatoms. The Morgan fingerprint density at radius 2 is 0.925 bits per heavy atom. The van der Waals surface area contributed by atoms with Crippen molar-refractivity contribution in [3.63, 3.8) is 0 Å². The molecule has 202 valence electrons. The zero-order chi connectivity index (χ0) is 27.3. The Bertz CT molecular complexity index is 1410. The van der Waals surface area contributed by atoms with Gasteiger partial charge >= 0.3 is 263 Å². The molecule has 1 atom stereocenters. The van der Waals surface area contributed by atoms with Crippen LogP contribution in [0.15, 0.2) is 152 Å². The van der Waals surface area contributed by atoms with E-state index in [9.17, 15) is 0 Å². The normalized spacial score (nSPS) is 16.9. The molecule has 1 aliphatic rings. The molecule has 0 radical (unpaired) electrons. The molecule has 0 bridgehead atoms. The van der Waals surface area contributed by atoms with Gasteiger partial charge in [0, 0.05) is 0 Å². The van der Waals surface area contributed by atoms with Crippen LogP contribution in [0.25, 0.3) is 0 Å². The molecule has 40 heavy (non-hydrogen) atoms. The van der Waals surface area contributed by atoms with Crippen LogP contribution in [0.5, 0.6) is 0 Å². The standard InChI is InChI=1S/C36H34IPS2/c37-38(32-21-10-3-11-22-32,33-23-12-4-13-24-33,34-25-14-5-15-26-34)35(30-17-6-1-7-18-30)29-36(39-27-16-28-40-36)31-19-8-2-9-20-31/h1-15,17-26,35H,16,27-29H2. The number of halogens is 1. The fraction of sp³-hybridized carbons (Fsp3) is 0.167. The summed E-state index contributed by atoms with van der Waals surface area (Å²) in [5, 5.41) is 4.32. The van der Waals surface area contributed by atoms with Crippen molar-refractivity contribution in [2.24, 2.45) is 0 Å². The predicted molar refractivity (Wildman–Crippen MR) is 191 cm³/mol. The Labute approximate surface area is 260 Å². The minimum absolute atomic E-state index is 0.0212. The molecule has 5 aromatic rings. The predicted octanol–water partition coefficient (Wildman–Crippen LogP) is 9.72. The van der Waals surface area contributed by atoms with Crippen molar-refractivity contribution in [3.8, 4) is 0 Å². The fourth-order valence-corrected chi connectivity index (χ4v) is 20.0. The van der Waals surface area contributed by atoms with Gasteiger partial charge in [0.25, 0.3) is 0 Å². The van der Waals surface area contributed by atoms with Crippen LogP contribution in [-0.4, -0.2) is 11.5 Å². The van der Waals surface area contributed by atoms with Crippen LogP contribution in [0.1, 0.15) is 29.6 Å². The van der Waals surface area contributed by atoms with Gasteiger partial charge in [0.15, 0.2) is 0 Å². The first-order valence-corrected chi connectivity index (χ1v) is 21.0. The van der Waals surface area contributed by atoms with E-state index in [2.05, 4.69) is 197 Å². The van der Waals surface area contributed by atoms with Crippen LogP contribution in [0.2, 0.25) is 0 Å². The Morgan fingerprint density at radius 3 is 1.35 bits per heavy atom. The van der Waals surface area contributed by atoms with E-state index in [0.717, 1.165) is 6.42 Å². The summed E-state index contributed by atoms with van der Waals surface area (Å²) in [6.45, 7) is 0. The van der Waals surface area contributed by atoms with E-state index in [0.29, 0.717) is 0 Å². The number of rotatable bonds is 8. The van der Waals surface area contributed by atoms with Gasteiger partial charge in [0.1, 0.15) is 0 Å². The minimum atomic E-state index is -3.15. The van der Waals surface area contributed by atoms with Gasteiger partial charge in [-0.05, 0) is 0 Å². The molecule has 0 aromatic heterocycles. The number of hydrogen-bond acceptors (Lipinski definition) is 2. The summed E-state index contributed by atoms with van der Waals surface area (Å²) in [4.78, 5) is 0. The molecule has 0 N–H and O–H groups in total. The second-order valence-corrected chi connectivity index (χ2v) is 23.8. The van der Waals surface area contributed by atoms with Gasteiger partial charge in [-0.1, -0.05) is 0 Å². The summed E-state index contributed by atoms with van der Waals surface area (Å²) in [5.74, 6) is 2.39. The van der Waals surface area contributed by atoms with Crippen molar-refractivity contribution in [2.45, 2.75) is 22.6 Å². The van der Waals surface area contributed by atoms with Crippen molar-refractivity contribution in [2.75, 3.05) is 11.5 Å². The molecular weight excluding hydrogens is 654 g/mol. The summed E-state index contributed by atoms with van der Waals surface area (Å²) in [7, 11) is 0. The molecule has 5 aromatic carbocycles. The van der Waals surface area contributed by atoms with Crippen LogP contribution in [0, 0.1) is 0 Å². The molecule has 1 saturated heterocycles. The van der Waals surface area contributed by atoms with E-state index in [1.165, 1.54) is 45.0 Å². The summed E-state index contributed by atoms with van der Waals surface area (Å²) in [5.41, 5.74) is 3.13. The van der Waals surface area contributed by atoms with Gasteiger partial charge in [-0.25, -0.2) is 0 Å². The molecule has 1 fully saturated rings. The van der Waals surface area contributed by atoms with Crippen molar-refractivity contribution in [1.29, 1.82) is 0 Å². The Morgan fingerprint density at radius 1 is 0.550 bits per heavy atom. The third-order valence-electron chi connectivity index (χ3n) is 8.19. The fourth-order valence-electron chi connectivity index (χ4n) is 6.31. The molecule has 0 nitrogen and oxygen atoms in total. The number of thioether (sulfide) groups is 2. The molecule has 1 aliphatic heterocycles. The Hall–Kier alpha value is -2.04. The summed E-state index contributed by atoms with van der Waals surface area (Å²) >= 11 is 7.34. The van der Waals surface area contributed by atoms with Crippen LogP contribution < -0.4 is 15.9 Å². The van der Waals surface area contributed by atoms with Gasteiger partial charge in [0.05, 0.1) is 0 Å². The van der Waals surface area contributed by atoms with Crippen molar-refractivity contribution < 1.29 is 0 Å². The van der Waals surface area contributed by atoms with E-state index >= 15 is 0 Å². The van der Waals surface area contributed by atoms with Gasteiger partial charge in [0.2, 0.25) is 0 Å². The first-order chi connectivity index (χ1) is 19.7. The van der Waals surface area contributed by atoms with E-state index in [-0.39, 0.29) is 9.74 Å². The van der Waals surface area contributed by atoms with E-state index in [4.69, 9.17) is 0 Å². The monoisotopic (exact) mass is 688 g/mol. The first kappa shape index (κ1) is 28.1. The molecule has 0 spiro atoms. The molecule has 0 saturated carbocycles. The topological polar surface area (TPSA) is 0 Å². The third kappa shape index (κ3) is 4.87. The molecule has 1 unspecified atom stereocenters. The van der Waals surface area contributed by atoms with Crippen molar-refractivity contribution >= 4 is 65.7 Å². The maximum atomic E-state index is 3.01. The van der Waals surface area contributed by atoms with Gasteiger partial charge in [-0.3, -0.25) is 0 Å². The zero-order valence-electron chi connectivity index (χ0n) is 22.5. The summed E-state index contributed by atoms with van der Waals surface area (Å²) in [6, 6.07) is 57.0. The van der Waals surface area contributed by atoms with Crippen LogP contribution in [-0.2, 0) is 4.08 Å². The van der Waals surface area contributed by atoms with Gasteiger partial charge in [-0.2, -0.15) is 0 Å². The van der Waals surface area contributed by atoms with Crippen LogP contribution in [0.4, 0.5) is 0 Å². The van der Waals surface area contributed by atoms with Gasteiger partial charge in [-0.15, -0.1) is 0 Å². The van der Waals surface area contributed by atoms with Gasteiger partial charge < -0.3 is 0 Å². The van der Waals surface area contributed by atoms with E-state index < -0.39 is 4.25 Å². The molecule has 0 amide bonds. The zero-order valence-corrected chi connectivity index (χ0v) is 27.2. The molecule has 6 rings (SSSR count). The molecular formula is C36H34IPS2. The van der Waals surface area contributed by atoms with Crippen LogP contribution in [0.3, 0.4) is 0 Å².